The number of morpholine rings is 1. The third-order valence-corrected chi connectivity index (χ3v) is 5.33. The molecule has 3 heterocycles. The number of anilines is 1. The van der Waals surface area contributed by atoms with E-state index < -0.39 is 0 Å². The van der Waals surface area contributed by atoms with Crippen LogP contribution in [-0.4, -0.2) is 54.2 Å². The number of hydrogen-bond acceptors (Lipinski definition) is 4. The molecule has 0 aliphatic carbocycles. The van der Waals surface area contributed by atoms with Crippen LogP contribution in [0.2, 0.25) is 0 Å². The minimum absolute atomic E-state index is 0.132. The molecule has 2 fully saturated rings. The Hall–Kier alpha value is -1.14. The van der Waals surface area contributed by atoms with E-state index in [0.717, 1.165) is 49.3 Å². The quantitative estimate of drug-likeness (QED) is 0.771. The van der Waals surface area contributed by atoms with Gasteiger partial charge in [-0.2, -0.15) is 0 Å². The van der Waals surface area contributed by atoms with Crippen LogP contribution in [0.15, 0.2) is 16.7 Å². The molecule has 6 heteroatoms. The minimum atomic E-state index is 0.132. The number of carbonyl (C=O) groups is 1. The van der Waals surface area contributed by atoms with Crippen LogP contribution in [-0.2, 0) is 9.53 Å². The van der Waals surface area contributed by atoms with E-state index in [1.165, 1.54) is 5.56 Å². The Morgan fingerprint density at radius 2 is 1.88 bits per heavy atom. The molecule has 1 amide bonds. The van der Waals surface area contributed by atoms with Gasteiger partial charge in [0.25, 0.3) is 0 Å². The SMILES string of the molecule is Cc1cc(Br)cnc1N1CCC(C(=O)N2CC(C)OC(C)C2)CC1. The van der Waals surface area contributed by atoms with Crippen LogP contribution in [0, 0.1) is 12.8 Å². The summed E-state index contributed by atoms with van der Waals surface area (Å²) in [6.07, 6.45) is 3.90. The smallest absolute Gasteiger partial charge is 0.225 e. The predicted molar refractivity (Wildman–Crippen MR) is 98.2 cm³/mol. The number of rotatable bonds is 2. The molecule has 0 saturated carbocycles. The lowest BCUT2D eigenvalue weighted by Crippen LogP contribution is -2.51. The van der Waals surface area contributed by atoms with E-state index in [4.69, 9.17) is 4.74 Å². The van der Waals surface area contributed by atoms with Gasteiger partial charge in [-0.25, -0.2) is 4.98 Å². The lowest BCUT2D eigenvalue weighted by atomic mass is 9.94. The van der Waals surface area contributed by atoms with Gasteiger partial charge in [-0.05, 0) is 61.2 Å². The van der Waals surface area contributed by atoms with Crippen LogP contribution >= 0.6 is 15.9 Å². The molecule has 2 aliphatic heterocycles. The van der Waals surface area contributed by atoms with Crippen LogP contribution < -0.4 is 4.90 Å². The van der Waals surface area contributed by atoms with Crippen molar-refractivity contribution in [3.05, 3.63) is 22.3 Å². The fourth-order valence-electron chi connectivity index (χ4n) is 3.82. The third-order valence-electron chi connectivity index (χ3n) is 4.89. The van der Waals surface area contributed by atoms with Crippen molar-refractivity contribution in [1.29, 1.82) is 0 Å². The highest BCUT2D eigenvalue weighted by atomic mass is 79.9. The molecule has 2 atom stereocenters. The van der Waals surface area contributed by atoms with Gasteiger partial charge in [-0.1, -0.05) is 0 Å². The summed E-state index contributed by atoms with van der Waals surface area (Å²) in [7, 11) is 0. The Bertz CT molecular complexity index is 592. The monoisotopic (exact) mass is 395 g/mol. The first kappa shape index (κ1) is 17.7. The van der Waals surface area contributed by atoms with Gasteiger partial charge in [0.1, 0.15) is 5.82 Å². The topological polar surface area (TPSA) is 45.7 Å². The highest BCUT2D eigenvalue weighted by molar-refractivity contribution is 9.10. The minimum Gasteiger partial charge on any atom is -0.372 e. The number of halogens is 1. The standard InChI is InChI=1S/C18H26BrN3O2/c1-12-8-16(19)9-20-17(12)21-6-4-15(5-7-21)18(23)22-10-13(2)24-14(3)11-22/h8-9,13-15H,4-7,10-11H2,1-3H3. The zero-order valence-electron chi connectivity index (χ0n) is 14.7. The Balaban J connectivity index is 1.59. The van der Waals surface area contributed by atoms with Gasteiger partial charge in [-0.3, -0.25) is 4.79 Å². The lowest BCUT2D eigenvalue weighted by molar-refractivity contribution is -0.148. The number of pyridine rings is 1. The Morgan fingerprint density at radius 1 is 1.25 bits per heavy atom. The molecule has 2 aliphatic rings. The average molecular weight is 396 g/mol. The molecular formula is C18H26BrN3O2. The summed E-state index contributed by atoms with van der Waals surface area (Å²) in [5.41, 5.74) is 1.17. The highest BCUT2D eigenvalue weighted by Crippen LogP contribution is 2.27. The second-order valence-electron chi connectivity index (χ2n) is 7.06. The normalized spacial score (nSPS) is 25.8. The van der Waals surface area contributed by atoms with E-state index in [1.54, 1.807) is 0 Å². The number of carbonyl (C=O) groups excluding carboxylic acids is 1. The zero-order valence-corrected chi connectivity index (χ0v) is 16.3. The summed E-state index contributed by atoms with van der Waals surface area (Å²) in [4.78, 5) is 21.7. The first-order valence-electron chi connectivity index (χ1n) is 8.75. The van der Waals surface area contributed by atoms with Crippen molar-refractivity contribution in [2.75, 3.05) is 31.1 Å². The summed E-state index contributed by atoms with van der Waals surface area (Å²) in [6, 6.07) is 2.09. The molecular weight excluding hydrogens is 370 g/mol. The molecule has 3 rings (SSSR count). The molecule has 1 aromatic heterocycles. The fraction of sp³-hybridized carbons (Fsp3) is 0.667. The number of aromatic nitrogens is 1. The summed E-state index contributed by atoms with van der Waals surface area (Å²) < 4.78 is 6.74. The van der Waals surface area contributed by atoms with E-state index in [9.17, 15) is 4.79 Å². The van der Waals surface area contributed by atoms with E-state index >= 15 is 0 Å². The first-order chi connectivity index (χ1) is 11.4. The molecule has 132 valence electrons. The number of piperidine rings is 1. The molecule has 5 nitrogen and oxygen atoms in total. The van der Waals surface area contributed by atoms with Crippen molar-refractivity contribution in [3.63, 3.8) is 0 Å². The second-order valence-corrected chi connectivity index (χ2v) is 7.97. The van der Waals surface area contributed by atoms with E-state index in [0.29, 0.717) is 5.91 Å². The third kappa shape index (κ3) is 3.91. The predicted octanol–water partition coefficient (Wildman–Crippen LogP) is 3.00. The number of aryl methyl sites for hydroxylation is 1. The van der Waals surface area contributed by atoms with Crippen LogP contribution in [0.25, 0.3) is 0 Å². The number of nitrogens with zero attached hydrogens (tertiary/aromatic N) is 3. The number of hydrogen-bond donors (Lipinski definition) is 0. The van der Waals surface area contributed by atoms with Gasteiger partial charge in [0.2, 0.25) is 5.91 Å². The van der Waals surface area contributed by atoms with Crippen LogP contribution in [0.3, 0.4) is 0 Å². The van der Waals surface area contributed by atoms with Crippen molar-refractivity contribution < 1.29 is 9.53 Å². The molecule has 0 N–H and O–H groups in total. The van der Waals surface area contributed by atoms with E-state index in [2.05, 4.69) is 38.8 Å². The summed E-state index contributed by atoms with van der Waals surface area (Å²) in [5.74, 6) is 1.48. The maximum atomic E-state index is 12.8. The first-order valence-corrected chi connectivity index (χ1v) is 9.54. The molecule has 1 aromatic rings. The summed E-state index contributed by atoms with van der Waals surface area (Å²) in [6.45, 7) is 9.39. The number of amides is 1. The van der Waals surface area contributed by atoms with Gasteiger partial charge < -0.3 is 14.5 Å². The number of ether oxygens (including phenoxy) is 1. The molecule has 2 saturated heterocycles. The molecule has 24 heavy (non-hydrogen) atoms. The van der Waals surface area contributed by atoms with E-state index in [1.807, 2.05) is 24.9 Å². The zero-order chi connectivity index (χ0) is 17.3. The van der Waals surface area contributed by atoms with Crippen molar-refractivity contribution in [3.8, 4) is 0 Å². The fourth-order valence-corrected chi connectivity index (χ4v) is 4.26. The van der Waals surface area contributed by atoms with Gasteiger partial charge in [0.05, 0.1) is 12.2 Å². The Kier molecular flexibility index (Phi) is 5.45. The van der Waals surface area contributed by atoms with Crippen molar-refractivity contribution in [2.45, 2.75) is 45.8 Å². The van der Waals surface area contributed by atoms with Crippen molar-refractivity contribution >= 4 is 27.7 Å². The summed E-state index contributed by atoms with van der Waals surface area (Å²) in [5, 5.41) is 0. The lowest BCUT2D eigenvalue weighted by Gasteiger charge is -2.39. The second kappa shape index (κ2) is 7.40. The molecule has 2 unspecified atom stereocenters. The van der Waals surface area contributed by atoms with Crippen molar-refractivity contribution in [2.24, 2.45) is 5.92 Å². The van der Waals surface area contributed by atoms with Crippen molar-refractivity contribution in [1.82, 2.24) is 9.88 Å². The molecule has 0 bridgehead atoms. The molecule has 0 radical (unpaired) electrons. The molecule has 0 aromatic carbocycles. The van der Waals surface area contributed by atoms with Crippen LogP contribution in [0.5, 0.6) is 0 Å². The van der Waals surface area contributed by atoms with Gasteiger partial charge in [0, 0.05) is 42.8 Å². The molecule has 0 spiro atoms. The van der Waals surface area contributed by atoms with Crippen LogP contribution in [0.1, 0.15) is 32.3 Å². The van der Waals surface area contributed by atoms with Gasteiger partial charge in [-0.15, -0.1) is 0 Å². The maximum absolute atomic E-state index is 12.8. The highest BCUT2D eigenvalue weighted by Gasteiger charge is 2.33. The van der Waals surface area contributed by atoms with Gasteiger partial charge in [0.15, 0.2) is 0 Å². The van der Waals surface area contributed by atoms with Gasteiger partial charge >= 0.3 is 0 Å². The van der Waals surface area contributed by atoms with E-state index in [-0.39, 0.29) is 18.1 Å². The van der Waals surface area contributed by atoms with Crippen LogP contribution in [0.4, 0.5) is 5.82 Å². The largest absolute Gasteiger partial charge is 0.372 e. The average Bonchev–Trinajstić information content (AvgIpc) is 2.53. The Labute approximate surface area is 152 Å². The Morgan fingerprint density at radius 3 is 2.46 bits per heavy atom. The maximum Gasteiger partial charge on any atom is 0.225 e. The summed E-state index contributed by atoms with van der Waals surface area (Å²) >= 11 is 3.46.